The third-order valence-electron chi connectivity index (χ3n) is 5.78. The molecule has 1 N–H and O–H groups in total. The maximum absolute atomic E-state index is 13.0. The van der Waals surface area contributed by atoms with Crippen LogP contribution in [-0.4, -0.2) is 60.6 Å². The number of amides is 2. The van der Waals surface area contributed by atoms with Crippen molar-refractivity contribution in [3.05, 3.63) is 36.0 Å². The zero-order valence-corrected chi connectivity index (χ0v) is 18.4. The summed E-state index contributed by atoms with van der Waals surface area (Å²) in [7, 11) is 3.49. The van der Waals surface area contributed by atoms with Crippen LogP contribution in [0.5, 0.6) is 5.75 Å². The summed E-state index contributed by atoms with van der Waals surface area (Å²) in [6.07, 6.45) is 4.27. The second-order valence-corrected chi connectivity index (χ2v) is 9.06. The minimum atomic E-state index is -0.0445. The summed E-state index contributed by atoms with van der Waals surface area (Å²) in [5.74, 6) is 0.745. The third kappa shape index (κ3) is 5.18. The minimum absolute atomic E-state index is 0.00415. The van der Waals surface area contributed by atoms with E-state index in [9.17, 15) is 4.79 Å². The molecule has 2 aromatic rings. The molecule has 0 spiro atoms. The number of carbonyl (C=O) groups is 1. The number of pyridine rings is 1. The zero-order valence-electron chi connectivity index (χ0n) is 18.4. The number of aromatic nitrogens is 1. The Balaban J connectivity index is 1.72. The van der Waals surface area contributed by atoms with Crippen LogP contribution in [0.15, 0.2) is 30.5 Å². The monoisotopic (exact) mass is 398 g/mol. The van der Waals surface area contributed by atoms with Crippen LogP contribution in [0.2, 0.25) is 0 Å². The number of methoxy groups -OCH3 is 1. The maximum atomic E-state index is 13.0. The Bertz CT molecular complexity index is 840. The van der Waals surface area contributed by atoms with Crippen molar-refractivity contribution >= 4 is 16.9 Å². The van der Waals surface area contributed by atoms with Gasteiger partial charge in [0, 0.05) is 37.8 Å². The Labute approximate surface area is 174 Å². The SMILES string of the molecule is COc1ccc(CN(C)C(=O)NC(CN2CCCC2)C(C)(C)C)c2cccnc12. The van der Waals surface area contributed by atoms with Gasteiger partial charge in [0.2, 0.25) is 0 Å². The fourth-order valence-corrected chi connectivity index (χ4v) is 3.85. The van der Waals surface area contributed by atoms with Crippen molar-refractivity contribution < 1.29 is 9.53 Å². The highest BCUT2D eigenvalue weighted by Crippen LogP contribution is 2.27. The molecule has 6 nitrogen and oxygen atoms in total. The van der Waals surface area contributed by atoms with Crippen LogP contribution in [0.4, 0.5) is 4.79 Å². The number of urea groups is 1. The van der Waals surface area contributed by atoms with Crippen molar-refractivity contribution in [3.8, 4) is 5.75 Å². The van der Waals surface area contributed by atoms with E-state index in [4.69, 9.17) is 4.74 Å². The van der Waals surface area contributed by atoms with E-state index < -0.39 is 0 Å². The lowest BCUT2D eigenvalue weighted by Gasteiger charge is -2.35. The largest absolute Gasteiger partial charge is 0.494 e. The number of hydrogen-bond donors (Lipinski definition) is 1. The summed E-state index contributed by atoms with van der Waals surface area (Å²) in [6, 6.07) is 7.93. The number of ether oxygens (including phenoxy) is 1. The molecule has 2 amide bonds. The highest BCUT2D eigenvalue weighted by molar-refractivity contribution is 5.87. The Morgan fingerprint density at radius 1 is 1.28 bits per heavy atom. The van der Waals surface area contributed by atoms with Gasteiger partial charge in [0.15, 0.2) is 0 Å². The molecule has 1 aliphatic heterocycles. The summed E-state index contributed by atoms with van der Waals surface area (Å²) >= 11 is 0. The summed E-state index contributed by atoms with van der Waals surface area (Å²) in [4.78, 5) is 21.7. The van der Waals surface area contributed by atoms with Gasteiger partial charge in [0.1, 0.15) is 11.3 Å². The molecule has 1 aromatic carbocycles. The molecule has 29 heavy (non-hydrogen) atoms. The van der Waals surface area contributed by atoms with Gasteiger partial charge >= 0.3 is 6.03 Å². The Hall–Kier alpha value is -2.34. The molecule has 1 aromatic heterocycles. The van der Waals surface area contributed by atoms with Crippen LogP contribution in [-0.2, 0) is 6.54 Å². The van der Waals surface area contributed by atoms with Crippen LogP contribution in [0.1, 0.15) is 39.2 Å². The van der Waals surface area contributed by atoms with Crippen LogP contribution >= 0.6 is 0 Å². The van der Waals surface area contributed by atoms with Gasteiger partial charge in [-0.05, 0) is 49.0 Å². The molecule has 0 saturated carbocycles. The molecule has 1 fully saturated rings. The standard InChI is InChI=1S/C23H34N4O2/c1-23(2,3)20(16-27-13-6-7-14-27)25-22(28)26(4)15-17-10-11-19(29-5)21-18(17)9-8-12-24-21/h8-12,20H,6-7,13-16H2,1-5H3,(H,25,28). The Morgan fingerprint density at radius 2 is 2.00 bits per heavy atom. The van der Waals surface area contributed by atoms with E-state index in [0.717, 1.165) is 41.9 Å². The molecule has 158 valence electrons. The van der Waals surface area contributed by atoms with Gasteiger partial charge in [-0.2, -0.15) is 0 Å². The molecule has 2 heterocycles. The van der Waals surface area contributed by atoms with E-state index >= 15 is 0 Å². The summed E-state index contributed by atoms with van der Waals surface area (Å²) in [6.45, 7) is 10.2. The lowest BCUT2D eigenvalue weighted by atomic mass is 9.86. The summed E-state index contributed by atoms with van der Waals surface area (Å²) in [5.41, 5.74) is 1.87. The first-order valence-corrected chi connectivity index (χ1v) is 10.4. The molecular formula is C23H34N4O2. The predicted molar refractivity (Wildman–Crippen MR) is 117 cm³/mol. The fraction of sp³-hybridized carbons (Fsp3) is 0.565. The van der Waals surface area contributed by atoms with Gasteiger partial charge in [-0.25, -0.2) is 4.79 Å². The molecule has 0 aliphatic carbocycles. The van der Waals surface area contributed by atoms with Crippen molar-refractivity contribution in [1.29, 1.82) is 0 Å². The normalized spacial score (nSPS) is 16.0. The van der Waals surface area contributed by atoms with Crippen LogP contribution in [0.3, 0.4) is 0 Å². The zero-order chi connectivity index (χ0) is 21.0. The van der Waals surface area contributed by atoms with Gasteiger partial charge in [-0.15, -0.1) is 0 Å². The van der Waals surface area contributed by atoms with E-state index in [1.165, 1.54) is 12.8 Å². The molecule has 0 bridgehead atoms. The lowest BCUT2D eigenvalue weighted by molar-refractivity contribution is 0.167. The summed E-state index contributed by atoms with van der Waals surface area (Å²) in [5, 5.41) is 4.29. The number of benzene rings is 1. The van der Waals surface area contributed by atoms with Crippen LogP contribution in [0.25, 0.3) is 10.9 Å². The van der Waals surface area contributed by atoms with Crippen LogP contribution in [0, 0.1) is 5.41 Å². The first-order valence-electron chi connectivity index (χ1n) is 10.4. The van der Waals surface area contributed by atoms with Crippen LogP contribution < -0.4 is 10.1 Å². The van der Waals surface area contributed by atoms with Gasteiger partial charge in [-0.1, -0.05) is 32.9 Å². The van der Waals surface area contributed by atoms with Gasteiger partial charge in [-0.3, -0.25) is 4.98 Å². The number of nitrogens with one attached hydrogen (secondary N) is 1. The van der Waals surface area contributed by atoms with E-state index in [2.05, 4.69) is 36.0 Å². The molecule has 1 saturated heterocycles. The van der Waals surface area contributed by atoms with Crippen molar-refractivity contribution in [2.45, 2.75) is 46.2 Å². The smallest absolute Gasteiger partial charge is 0.317 e. The first-order chi connectivity index (χ1) is 13.8. The molecule has 1 aliphatic rings. The van der Waals surface area contributed by atoms with E-state index in [1.54, 1.807) is 18.2 Å². The number of fused-ring (bicyclic) bond motifs is 1. The van der Waals surface area contributed by atoms with Crippen molar-refractivity contribution in [3.63, 3.8) is 0 Å². The van der Waals surface area contributed by atoms with E-state index in [1.807, 2.05) is 31.3 Å². The number of hydrogen-bond acceptors (Lipinski definition) is 4. The Morgan fingerprint density at radius 3 is 2.66 bits per heavy atom. The average molecular weight is 399 g/mol. The highest BCUT2D eigenvalue weighted by Gasteiger charge is 2.30. The van der Waals surface area contributed by atoms with Crippen molar-refractivity contribution in [2.75, 3.05) is 33.8 Å². The number of rotatable bonds is 6. The maximum Gasteiger partial charge on any atom is 0.317 e. The molecule has 6 heteroatoms. The molecule has 1 unspecified atom stereocenters. The quantitative estimate of drug-likeness (QED) is 0.802. The third-order valence-corrected chi connectivity index (χ3v) is 5.78. The second kappa shape index (κ2) is 8.99. The summed E-state index contributed by atoms with van der Waals surface area (Å²) < 4.78 is 5.43. The van der Waals surface area contributed by atoms with Gasteiger partial charge in [0.05, 0.1) is 7.11 Å². The molecule has 1 atom stereocenters. The topological polar surface area (TPSA) is 57.7 Å². The number of nitrogens with zero attached hydrogens (tertiary/aromatic N) is 3. The average Bonchev–Trinajstić information content (AvgIpc) is 3.20. The van der Waals surface area contributed by atoms with E-state index in [0.29, 0.717) is 6.54 Å². The molecule has 0 radical (unpaired) electrons. The van der Waals surface area contributed by atoms with Crippen molar-refractivity contribution in [2.24, 2.45) is 5.41 Å². The van der Waals surface area contributed by atoms with E-state index in [-0.39, 0.29) is 17.5 Å². The minimum Gasteiger partial charge on any atom is -0.494 e. The van der Waals surface area contributed by atoms with Gasteiger partial charge in [0.25, 0.3) is 0 Å². The lowest BCUT2D eigenvalue weighted by Crippen LogP contribution is -2.53. The number of carbonyl (C=O) groups excluding carboxylic acids is 1. The molecular weight excluding hydrogens is 364 g/mol. The highest BCUT2D eigenvalue weighted by atomic mass is 16.5. The molecule has 3 rings (SSSR count). The van der Waals surface area contributed by atoms with Crippen molar-refractivity contribution in [1.82, 2.24) is 20.1 Å². The Kier molecular flexibility index (Phi) is 6.63. The number of likely N-dealkylation sites (tertiary alicyclic amines) is 1. The fourth-order valence-electron chi connectivity index (χ4n) is 3.85. The predicted octanol–water partition coefficient (Wildman–Crippen LogP) is 3.90. The first kappa shape index (κ1) is 21.4. The second-order valence-electron chi connectivity index (χ2n) is 9.06. The van der Waals surface area contributed by atoms with Gasteiger partial charge < -0.3 is 19.9 Å².